The zero-order valence-electron chi connectivity index (χ0n) is 10.9. The van der Waals surface area contributed by atoms with Crippen molar-refractivity contribution in [1.82, 2.24) is 5.32 Å². The molecule has 1 aromatic heterocycles. The van der Waals surface area contributed by atoms with Gasteiger partial charge in [-0.25, -0.2) is 0 Å². The van der Waals surface area contributed by atoms with E-state index in [0.717, 1.165) is 15.4 Å². The molecule has 1 heterocycles. The second-order valence-electron chi connectivity index (χ2n) is 4.53. The Kier molecular flexibility index (Phi) is 4.44. The Balaban J connectivity index is 2.07. The third-order valence-corrected chi connectivity index (χ3v) is 3.38. The highest BCUT2D eigenvalue weighted by Crippen LogP contribution is 2.28. The van der Waals surface area contributed by atoms with E-state index >= 15 is 0 Å². The molecule has 2 rings (SSSR count). The van der Waals surface area contributed by atoms with E-state index < -0.39 is 5.97 Å². The van der Waals surface area contributed by atoms with E-state index in [1.165, 1.54) is 0 Å². The van der Waals surface area contributed by atoms with Crippen LogP contribution in [0.2, 0.25) is 0 Å². The van der Waals surface area contributed by atoms with Crippen molar-refractivity contribution in [2.45, 2.75) is 19.8 Å². The number of aliphatic carboxylic acids is 1. The molecule has 0 saturated carbocycles. The third kappa shape index (κ3) is 3.39. The minimum Gasteiger partial charge on any atom is -0.481 e. The lowest BCUT2D eigenvalue weighted by atomic mass is 10.2. The lowest BCUT2D eigenvalue weighted by molar-refractivity contribution is -0.137. The molecule has 6 heteroatoms. The number of carboxylic acids is 1. The largest absolute Gasteiger partial charge is 0.481 e. The quantitative estimate of drug-likeness (QED) is 0.820. The van der Waals surface area contributed by atoms with Crippen LogP contribution in [0.3, 0.4) is 0 Å². The standard InChI is InChI=1S/C14H14BrNO4/c1-8-5-9-7-11(20-13(9)10(15)6-8)14(19)16-4-2-3-12(17)18/h5-7H,2-4H2,1H3,(H,16,19)(H,17,18). The fourth-order valence-corrected chi connectivity index (χ4v) is 2.56. The Bertz CT molecular complexity index is 662. The number of nitrogens with one attached hydrogen (secondary N) is 1. The molecular formula is C14H14BrNO4. The van der Waals surface area contributed by atoms with Crippen LogP contribution in [0.4, 0.5) is 0 Å². The molecule has 0 aliphatic rings. The lowest BCUT2D eigenvalue weighted by Crippen LogP contribution is -2.24. The predicted octanol–water partition coefficient (Wildman–Crippen LogP) is 3.10. The van der Waals surface area contributed by atoms with Crippen molar-refractivity contribution in [3.8, 4) is 0 Å². The van der Waals surface area contributed by atoms with Gasteiger partial charge in [0.2, 0.25) is 0 Å². The first-order valence-electron chi connectivity index (χ1n) is 6.17. The Hall–Kier alpha value is -1.82. The number of rotatable bonds is 5. The number of fused-ring (bicyclic) bond motifs is 1. The molecule has 0 atom stereocenters. The van der Waals surface area contributed by atoms with Crippen LogP contribution < -0.4 is 5.32 Å². The number of carbonyl (C=O) groups is 2. The summed E-state index contributed by atoms with van der Waals surface area (Å²) in [7, 11) is 0. The highest BCUT2D eigenvalue weighted by molar-refractivity contribution is 9.10. The zero-order chi connectivity index (χ0) is 14.7. The zero-order valence-corrected chi connectivity index (χ0v) is 12.5. The number of hydrogen-bond acceptors (Lipinski definition) is 3. The molecule has 1 aromatic carbocycles. The summed E-state index contributed by atoms with van der Waals surface area (Å²) in [4.78, 5) is 22.3. The predicted molar refractivity (Wildman–Crippen MR) is 77.9 cm³/mol. The summed E-state index contributed by atoms with van der Waals surface area (Å²) < 4.78 is 6.32. The van der Waals surface area contributed by atoms with Crippen LogP contribution in [0.5, 0.6) is 0 Å². The van der Waals surface area contributed by atoms with Gasteiger partial charge in [-0.2, -0.15) is 0 Å². The number of carboxylic acid groups (broad SMARTS) is 1. The van der Waals surface area contributed by atoms with Gasteiger partial charge in [0, 0.05) is 18.4 Å². The van der Waals surface area contributed by atoms with Crippen LogP contribution in [0, 0.1) is 6.92 Å². The van der Waals surface area contributed by atoms with Crippen LogP contribution in [0.1, 0.15) is 29.0 Å². The molecule has 2 aromatic rings. The van der Waals surface area contributed by atoms with Crippen molar-refractivity contribution in [3.05, 3.63) is 34.0 Å². The molecule has 2 N–H and O–H groups in total. The molecule has 0 fully saturated rings. The smallest absolute Gasteiger partial charge is 0.303 e. The van der Waals surface area contributed by atoms with E-state index in [1.54, 1.807) is 6.07 Å². The minimum atomic E-state index is -0.873. The van der Waals surface area contributed by atoms with Gasteiger partial charge in [-0.15, -0.1) is 0 Å². The lowest BCUT2D eigenvalue weighted by Gasteiger charge is -2.00. The summed E-state index contributed by atoms with van der Waals surface area (Å²) >= 11 is 3.40. The first-order chi connectivity index (χ1) is 9.47. The Morgan fingerprint density at radius 1 is 1.35 bits per heavy atom. The van der Waals surface area contributed by atoms with Crippen LogP contribution in [-0.2, 0) is 4.79 Å². The molecule has 0 spiro atoms. The van der Waals surface area contributed by atoms with Gasteiger partial charge < -0.3 is 14.8 Å². The van der Waals surface area contributed by atoms with E-state index in [-0.39, 0.29) is 18.1 Å². The summed E-state index contributed by atoms with van der Waals surface area (Å²) in [6.07, 6.45) is 0.426. The summed E-state index contributed by atoms with van der Waals surface area (Å²) in [6, 6.07) is 5.53. The first kappa shape index (κ1) is 14.6. The normalized spacial score (nSPS) is 10.7. The fourth-order valence-electron chi connectivity index (χ4n) is 1.89. The number of benzene rings is 1. The summed E-state index contributed by atoms with van der Waals surface area (Å²) in [5.41, 5.74) is 1.70. The van der Waals surface area contributed by atoms with E-state index in [1.807, 2.05) is 19.1 Å². The van der Waals surface area contributed by atoms with E-state index in [0.29, 0.717) is 18.5 Å². The SMILES string of the molecule is Cc1cc(Br)c2oc(C(=O)NCCCC(=O)O)cc2c1. The molecule has 0 radical (unpaired) electrons. The highest BCUT2D eigenvalue weighted by atomic mass is 79.9. The van der Waals surface area contributed by atoms with E-state index in [2.05, 4.69) is 21.2 Å². The first-order valence-corrected chi connectivity index (χ1v) is 6.96. The van der Waals surface area contributed by atoms with Crippen molar-refractivity contribution in [3.63, 3.8) is 0 Å². The van der Waals surface area contributed by atoms with Crippen molar-refractivity contribution in [2.24, 2.45) is 0 Å². The average Bonchev–Trinajstić information content (AvgIpc) is 2.78. The topological polar surface area (TPSA) is 79.5 Å². The molecule has 20 heavy (non-hydrogen) atoms. The molecule has 5 nitrogen and oxygen atoms in total. The minimum absolute atomic E-state index is 0.0329. The fraction of sp³-hybridized carbons (Fsp3) is 0.286. The third-order valence-electron chi connectivity index (χ3n) is 2.79. The number of hydrogen-bond donors (Lipinski definition) is 2. The number of amides is 1. The van der Waals surface area contributed by atoms with Crippen LogP contribution in [-0.4, -0.2) is 23.5 Å². The summed E-state index contributed by atoms with van der Waals surface area (Å²) in [5, 5.41) is 12.0. The summed E-state index contributed by atoms with van der Waals surface area (Å²) in [6.45, 7) is 2.27. The van der Waals surface area contributed by atoms with Crippen molar-refractivity contribution in [2.75, 3.05) is 6.54 Å². The second-order valence-corrected chi connectivity index (χ2v) is 5.38. The van der Waals surface area contributed by atoms with E-state index in [4.69, 9.17) is 9.52 Å². The van der Waals surface area contributed by atoms with Crippen LogP contribution in [0.25, 0.3) is 11.0 Å². The second kappa shape index (κ2) is 6.09. The highest BCUT2D eigenvalue weighted by Gasteiger charge is 2.14. The molecule has 1 amide bonds. The number of aryl methyl sites for hydroxylation is 1. The number of halogens is 1. The van der Waals surface area contributed by atoms with Gasteiger partial charge in [-0.1, -0.05) is 0 Å². The van der Waals surface area contributed by atoms with Crippen LogP contribution in [0.15, 0.2) is 27.1 Å². The number of carbonyl (C=O) groups excluding carboxylic acids is 1. The maximum absolute atomic E-state index is 11.9. The van der Waals surface area contributed by atoms with E-state index in [9.17, 15) is 9.59 Å². The molecule has 106 valence electrons. The van der Waals surface area contributed by atoms with Gasteiger partial charge in [0.05, 0.1) is 4.47 Å². The maximum Gasteiger partial charge on any atom is 0.303 e. The Morgan fingerprint density at radius 2 is 2.10 bits per heavy atom. The monoisotopic (exact) mass is 339 g/mol. The van der Waals surface area contributed by atoms with Gasteiger partial charge in [-0.05, 0) is 53.0 Å². The van der Waals surface area contributed by atoms with Gasteiger partial charge in [0.25, 0.3) is 5.91 Å². The molecular weight excluding hydrogens is 326 g/mol. The molecule has 0 unspecified atom stereocenters. The molecule has 0 bridgehead atoms. The summed E-state index contributed by atoms with van der Waals surface area (Å²) in [5.74, 6) is -0.986. The van der Waals surface area contributed by atoms with Crippen LogP contribution >= 0.6 is 15.9 Å². The Labute approximate surface area is 124 Å². The molecule has 0 saturated heterocycles. The maximum atomic E-state index is 11.9. The molecule has 0 aliphatic heterocycles. The van der Waals surface area contributed by atoms with Gasteiger partial charge >= 0.3 is 5.97 Å². The van der Waals surface area contributed by atoms with Crippen molar-refractivity contribution >= 4 is 38.8 Å². The molecule has 0 aliphatic carbocycles. The van der Waals surface area contributed by atoms with Gasteiger partial charge in [-0.3, -0.25) is 9.59 Å². The van der Waals surface area contributed by atoms with Gasteiger partial charge in [0.15, 0.2) is 5.76 Å². The van der Waals surface area contributed by atoms with Crippen molar-refractivity contribution in [1.29, 1.82) is 0 Å². The number of furan rings is 1. The average molecular weight is 340 g/mol. The van der Waals surface area contributed by atoms with Gasteiger partial charge in [0.1, 0.15) is 5.58 Å². The Morgan fingerprint density at radius 3 is 2.80 bits per heavy atom. The van der Waals surface area contributed by atoms with Crippen molar-refractivity contribution < 1.29 is 19.1 Å².